The number of para-hydroxylation sites is 1. The van der Waals surface area contributed by atoms with Crippen LogP contribution in [0.1, 0.15) is 47.5 Å². The number of carbonyl (C=O) groups is 1. The summed E-state index contributed by atoms with van der Waals surface area (Å²) >= 11 is 0. The Morgan fingerprint density at radius 1 is 1.16 bits per heavy atom. The number of ether oxygens (including phenoxy) is 1. The Labute approximate surface area is 168 Å². The molecule has 1 aromatic carbocycles. The molecule has 0 aliphatic heterocycles. The standard InChI is InChI=1S/C18H30N4O2.HI/c1-6-18(7-2,22-16(23)24-17(3,4)5)13-20-15(19)21-14-11-9-8-10-12-14;/h8-12H,6-7,13H2,1-5H3,(H,22,23)(H3,19,20,21);1H. The minimum atomic E-state index is -0.533. The second-order valence-corrected chi connectivity index (χ2v) is 6.81. The fourth-order valence-corrected chi connectivity index (χ4v) is 2.16. The first-order chi connectivity index (χ1) is 11.2. The lowest BCUT2D eigenvalue weighted by atomic mass is 9.93. The van der Waals surface area contributed by atoms with Gasteiger partial charge in [0.2, 0.25) is 0 Å². The van der Waals surface area contributed by atoms with Crippen molar-refractivity contribution < 1.29 is 9.53 Å². The third-order valence-electron chi connectivity index (χ3n) is 3.72. The van der Waals surface area contributed by atoms with E-state index in [1.807, 2.05) is 65.0 Å². The summed E-state index contributed by atoms with van der Waals surface area (Å²) in [4.78, 5) is 16.5. The number of aliphatic imine (C=N–C) groups is 1. The van der Waals surface area contributed by atoms with E-state index >= 15 is 0 Å². The number of amides is 1. The van der Waals surface area contributed by atoms with Gasteiger partial charge in [0.15, 0.2) is 5.96 Å². The number of benzene rings is 1. The SMILES string of the molecule is CCC(CC)(CN=C(N)Nc1ccccc1)NC(=O)OC(C)(C)C.I. The lowest BCUT2D eigenvalue weighted by Gasteiger charge is -2.32. The normalized spacial score (nSPS) is 12.1. The van der Waals surface area contributed by atoms with E-state index in [0.717, 1.165) is 18.5 Å². The number of nitrogens with one attached hydrogen (secondary N) is 2. The van der Waals surface area contributed by atoms with Crippen LogP contribution in [0.3, 0.4) is 0 Å². The van der Waals surface area contributed by atoms with E-state index in [4.69, 9.17) is 10.5 Å². The fraction of sp³-hybridized carbons (Fsp3) is 0.556. The molecule has 0 heterocycles. The Bertz CT molecular complexity index is 552. The Morgan fingerprint density at radius 2 is 1.72 bits per heavy atom. The first kappa shape index (κ1) is 23.5. The maximum atomic E-state index is 12.1. The third-order valence-corrected chi connectivity index (χ3v) is 3.72. The molecule has 0 aliphatic rings. The van der Waals surface area contributed by atoms with Gasteiger partial charge in [0, 0.05) is 5.69 Å². The largest absolute Gasteiger partial charge is 0.444 e. The van der Waals surface area contributed by atoms with Crippen molar-refractivity contribution in [3.63, 3.8) is 0 Å². The van der Waals surface area contributed by atoms with Crippen molar-refractivity contribution in [1.82, 2.24) is 5.32 Å². The van der Waals surface area contributed by atoms with Gasteiger partial charge in [-0.1, -0.05) is 32.0 Å². The quantitative estimate of drug-likeness (QED) is 0.337. The van der Waals surface area contributed by atoms with Crippen LogP contribution in [-0.2, 0) is 4.74 Å². The summed E-state index contributed by atoms with van der Waals surface area (Å²) in [6, 6.07) is 9.59. The second kappa shape index (κ2) is 10.5. The summed E-state index contributed by atoms with van der Waals surface area (Å²) in [5.74, 6) is 0.318. The van der Waals surface area contributed by atoms with Gasteiger partial charge in [0.25, 0.3) is 0 Å². The molecule has 1 amide bonds. The topological polar surface area (TPSA) is 88.7 Å². The van der Waals surface area contributed by atoms with Crippen LogP contribution in [0.25, 0.3) is 0 Å². The van der Waals surface area contributed by atoms with E-state index in [-0.39, 0.29) is 24.0 Å². The number of guanidine groups is 1. The van der Waals surface area contributed by atoms with Gasteiger partial charge >= 0.3 is 6.09 Å². The molecule has 4 N–H and O–H groups in total. The maximum absolute atomic E-state index is 12.1. The molecule has 0 unspecified atom stereocenters. The number of halogens is 1. The highest BCUT2D eigenvalue weighted by molar-refractivity contribution is 14.0. The third kappa shape index (κ3) is 8.94. The van der Waals surface area contributed by atoms with Gasteiger partial charge in [0.1, 0.15) is 5.60 Å². The summed E-state index contributed by atoms with van der Waals surface area (Å²) in [6.07, 6.45) is 1.02. The molecule has 0 radical (unpaired) electrons. The molecule has 0 aliphatic carbocycles. The smallest absolute Gasteiger partial charge is 0.408 e. The van der Waals surface area contributed by atoms with Crippen LogP contribution < -0.4 is 16.4 Å². The van der Waals surface area contributed by atoms with Crippen LogP contribution in [0.15, 0.2) is 35.3 Å². The Kier molecular flexibility index (Phi) is 9.84. The van der Waals surface area contributed by atoms with Gasteiger partial charge in [0.05, 0.1) is 12.1 Å². The van der Waals surface area contributed by atoms with Crippen molar-refractivity contribution in [2.75, 3.05) is 11.9 Å². The van der Waals surface area contributed by atoms with E-state index in [1.165, 1.54) is 0 Å². The lowest BCUT2D eigenvalue weighted by molar-refractivity contribution is 0.0452. The average molecular weight is 462 g/mol. The Balaban J connectivity index is 0.00000576. The van der Waals surface area contributed by atoms with Crippen LogP contribution in [0, 0.1) is 0 Å². The number of nitrogens with two attached hydrogens (primary N) is 1. The first-order valence-corrected chi connectivity index (χ1v) is 8.33. The number of nitrogens with zero attached hydrogens (tertiary/aromatic N) is 1. The van der Waals surface area contributed by atoms with E-state index in [1.54, 1.807) is 0 Å². The predicted octanol–water partition coefficient (Wildman–Crippen LogP) is 4.11. The molecule has 1 rings (SSSR count). The molecule has 0 atom stereocenters. The zero-order chi connectivity index (χ0) is 18.2. The summed E-state index contributed by atoms with van der Waals surface area (Å²) in [5, 5.41) is 5.99. The van der Waals surface area contributed by atoms with Crippen molar-refractivity contribution in [2.45, 2.75) is 58.6 Å². The number of rotatable bonds is 6. The number of carbonyl (C=O) groups excluding carboxylic acids is 1. The molecular weight excluding hydrogens is 431 g/mol. The summed E-state index contributed by atoms with van der Waals surface area (Å²) in [5.41, 5.74) is 5.81. The van der Waals surface area contributed by atoms with E-state index in [2.05, 4.69) is 15.6 Å². The molecule has 25 heavy (non-hydrogen) atoms. The Morgan fingerprint density at radius 3 is 2.20 bits per heavy atom. The fourth-order valence-electron chi connectivity index (χ4n) is 2.16. The Hall–Kier alpha value is -1.51. The zero-order valence-corrected chi connectivity index (χ0v) is 18.1. The zero-order valence-electron chi connectivity index (χ0n) is 15.8. The first-order valence-electron chi connectivity index (χ1n) is 8.33. The molecule has 7 heteroatoms. The van der Waals surface area contributed by atoms with Gasteiger partial charge in [-0.15, -0.1) is 24.0 Å². The van der Waals surface area contributed by atoms with Gasteiger partial charge in [-0.3, -0.25) is 4.99 Å². The minimum absolute atomic E-state index is 0. The highest BCUT2D eigenvalue weighted by Crippen LogP contribution is 2.17. The maximum Gasteiger partial charge on any atom is 0.408 e. The molecular formula is C18H31IN4O2. The van der Waals surface area contributed by atoms with Crippen molar-refractivity contribution in [2.24, 2.45) is 10.7 Å². The monoisotopic (exact) mass is 462 g/mol. The van der Waals surface area contributed by atoms with E-state index in [0.29, 0.717) is 12.5 Å². The number of alkyl carbamates (subject to hydrolysis) is 1. The molecule has 0 saturated carbocycles. The van der Waals surface area contributed by atoms with Crippen LogP contribution in [-0.4, -0.2) is 29.7 Å². The lowest BCUT2D eigenvalue weighted by Crippen LogP contribution is -2.52. The molecule has 6 nitrogen and oxygen atoms in total. The highest BCUT2D eigenvalue weighted by atomic mass is 127. The molecule has 0 saturated heterocycles. The average Bonchev–Trinajstić information content (AvgIpc) is 2.51. The summed E-state index contributed by atoms with van der Waals surface area (Å²) in [7, 11) is 0. The van der Waals surface area contributed by atoms with Crippen LogP contribution >= 0.6 is 24.0 Å². The van der Waals surface area contributed by atoms with Crippen LogP contribution in [0.4, 0.5) is 10.5 Å². The van der Waals surface area contributed by atoms with Gasteiger partial charge < -0.3 is 21.1 Å². The minimum Gasteiger partial charge on any atom is -0.444 e. The number of anilines is 1. The van der Waals surface area contributed by atoms with Crippen molar-refractivity contribution in [1.29, 1.82) is 0 Å². The molecule has 0 aromatic heterocycles. The molecule has 0 bridgehead atoms. The summed E-state index contributed by atoms with van der Waals surface area (Å²) in [6.45, 7) is 9.92. The summed E-state index contributed by atoms with van der Waals surface area (Å²) < 4.78 is 5.35. The van der Waals surface area contributed by atoms with Crippen LogP contribution in [0.2, 0.25) is 0 Å². The van der Waals surface area contributed by atoms with Gasteiger partial charge in [-0.2, -0.15) is 0 Å². The van der Waals surface area contributed by atoms with Crippen molar-refractivity contribution in [3.05, 3.63) is 30.3 Å². The number of hydrogen-bond acceptors (Lipinski definition) is 3. The molecule has 0 fully saturated rings. The second-order valence-electron chi connectivity index (χ2n) is 6.81. The van der Waals surface area contributed by atoms with Gasteiger partial charge in [-0.25, -0.2) is 4.79 Å². The van der Waals surface area contributed by atoms with Crippen molar-refractivity contribution >= 4 is 41.7 Å². The van der Waals surface area contributed by atoms with Crippen LogP contribution in [0.5, 0.6) is 0 Å². The van der Waals surface area contributed by atoms with Crippen molar-refractivity contribution in [3.8, 4) is 0 Å². The van der Waals surface area contributed by atoms with E-state index < -0.39 is 17.2 Å². The molecule has 1 aromatic rings. The molecule has 142 valence electrons. The van der Waals surface area contributed by atoms with E-state index in [9.17, 15) is 4.79 Å². The molecule has 0 spiro atoms. The van der Waals surface area contributed by atoms with Gasteiger partial charge in [-0.05, 0) is 45.7 Å². The highest BCUT2D eigenvalue weighted by Gasteiger charge is 2.30. The predicted molar refractivity (Wildman–Crippen MR) is 115 cm³/mol. The number of hydrogen-bond donors (Lipinski definition) is 3.